The van der Waals surface area contributed by atoms with Gasteiger partial charge in [0, 0.05) is 0 Å². The number of nitrogens with zero attached hydrogens (tertiary/aromatic N) is 1. The van der Waals surface area contributed by atoms with E-state index in [0.29, 0.717) is 10.6 Å². The Morgan fingerprint density at radius 2 is 1.46 bits per heavy atom. The van der Waals surface area contributed by atoms with Crippen molar-refractivity contribution >= 4 is 18.2 Å². The minimum Gasteiger partial charge on any atom is -0.484 e. The zero-order valence-electron chi connectivity index (χ0n) is 24.1. The molecule has 10 nitrogen and oxygen atoms in total. The van der Waals surface area contributed by atoms with Crippen molar-refractivity contribution in [1.29, 1.82) is 0 Å². The van der Waals surface area contributed by atoms with E-state index < -0.39 is 53.7 Å². The Hall–Kier alpha value is -2.85. The fourth-order valence-electron chi connectivity index (χ4n) is 4.44. The molecule has 218 valence electrons. The van der Waals surface area contributed by atoms with Crippen LogP contribution in [0.5, 0.6) is 5.75 Å². The normalized spacial score (nSPS) is 25.1. The molecule has 0 spiro atoms. The zero-order chi connectivity index (χ0) is 28.8. The first-order chi connectivity index (χ1) is 18.2. The molecule has 1 aliphatic carbocycles. The summed E-state index contributed by atoms with van der Waals surface area (Å²) in [4.78, 5) is 40.5. The molecule has 1 saturated heterocycles. The molecule has 1 aliphatic heterocycles. The zero-order valence-corrected chi connectivity index (χ0v) is 24.1. The monoisotopic (exact) mass is 549 g/mol. The van der Waals surface area contributed by atoms with Gasteiger partial charge in [0.15, 0.2) is 12.1 Å². The minimum absolute atomic E-state index is 0.0416. The van der Waals surface area contributed by atoms with E-state index in [-0.39, 0.29) is 19.3 Å². The van der Waals surface area contributed by atoms with Gasteiger partial charge < -0.3 is 28.4 Å². The number of imide groups is 1. The number of hydrogen-bond acceptors (Lipinski definition) is 9. The van der Waals surface area contributed by atoms with Crippen molar-refractivity contribution in [3.05, 3.63) is 30.3 Å². The van der Waals surface area contributed by atoms with E-state index in [1.807, 2.05) is 30.3 Å². The standard InChI is InChI=1S/C29H43NO9/c1-19-24(37-21-13-9-8-10-14-21)23(36-20-15-11-12-16-20)18-34-17-22(25(31)35-19)30(26(32)38-28(2,3)4)27(33)39-29(5,6)7/h8-10,13-14,19-20,22-24H,11-12,15-18H2,1-7H3. The van der Waals surface area contributed by atoms with Crippen molar-refractivity contribution < 1.29 is 42.8 Å². The summed E-state index contributed by atoms with van der Waals surface area (Å²) in [5.74, 6) is -0.257. The first-order valence-corrected chi connectivity index (χ1v) is 13.6. The molecule has 39 heavy (non-hydrogen) atoms. The van der Waals surface area contributed by atoms with Crippen molar-refractivity contribution in [3.63, 3.8) is 0 Å². The smallest absolute Gasteiger partial charge is 0.420 e. The van der Waals surface area contributed by atoms with E-state index in [2.05, 4.69) is 0 Å². The third-order valence-corrected chi connectivity index (χ3v) is 6.14. The van der Waals surface area contributed by atoms with Crippen molar-refractivity contribution in [1.82, 2.24) is 4.90 Å². The molecule has 4 unspecified atom stereocenters. The maximum atomic E-state index is 13.5. The summed E-state index contributed by atoms with van der Waals surface area (Å²) >= 11 is 0. The summed E-state index contributed by atoms with van der Waals surface area (Å²) in [5, 5.41) is 0. The number of amides is 2. The largest absolute Gasteiger partial charge is 0.484 e. The Bertz CT molecular complexity index is 935. The van der Waals surface area contributed by atoms with Crippen molar-refractivity contribution in [2.45, 2.75) is 116 Å². The number of carbonyl (C=O) groups excluding carboxylic acids is 3. The molecular formula is C29H43NO9. The Morgan fingerprint density at radius 3 is 2.00 bits per heavy atom. The Morgan fingerprint density at radius 1 is 0.897 bits per heavy atom. The number of cyclic esters (lactones) is 1. The second kappa shape index (κ2) is 13.0. The molecule has 1 saturated carbocycles. The second-order valence-corrected chi connectivity index (χ2v) is 12.0. The fraction of sp³-hybridized carbons (Fsp3) is 0.690. The van der Waals surface area contributed by atoms with Crippen LogP contribution in [0.2, 0.25) is 0 Å². The summed E-state index contributed by atoms with van der Waals surface area (Å²) in [7, 11) is 0. The predicted molar refractivity (Wildman–Crippen MR) is 142 cm³/mol. The van der Waals surface area contributed by atoms with Gasteiger partial charge in [0.1, 0.15) is 29.2 Å². The highest BCUT2D eigenvalue weighted by molar-refractivity contribution is 5.94. The van der Waals surface area contributed by atoms with Gasteiger partial charge in [0.05, 0.1) is 19.3 Å². The van der Waals surface area contributed by atoms with E-state index in [1.54, 1.807) is 48.5 Å². The number of ether oxygens (including phenoxy) is 6. The quantitative estimate of drug-likeness (QED) is 0.359. The number of esters is 1. The number of carbonyl (C=O) groups is 3. The van der Waals surface area contributed by atoms with Gasteiger partial charge in [0.25, 0.3) is 0 Å². The van der Waals surface area contributed by atoms with Crippen LogP contribution < -0.4 is 4.74 Å². The SMILES string of the molecule is CC1OC(=O)C(N(C(=O)OC(C)(C)C)C(=O)OC(C)(C)C)COCC(OC2CCCC2)C1Oc1ccccc1. The number of rotatable bonds is 5. The lowest BCUT2D eigenvalue weighted by atomic mass is 10.1. The molecule has 0 radical (unpaired) electrons. The fourth-order valence-corrected chi connectivity index (χ4v) is 4.44. The molecule has 4 atom stereocenters. The van der Waals surface area contributed by atoms with Crippen LogP contribution >= 0.6 is 0 Å². The third-order valence-electron chi connectivity index (χ3n) is 6.14. The topological polar surface area (TPSA) is 110 Å². The maximum Gasteiger partial charge on any atom is 0.420 e. The van der Waals surface area contributed by atoms with Crippen molar-refractivity contribution in [3.8, 4) is 5.75 Å². The molecule has 1 aromatic rings. The molecule has 2 fully saturated rings. The van der Waals surface area contributed by atoms with Crippen LogP contribution in [0.1, 0.15) is 74.1 Å². The van der Waals surface area contributed by atoms with Crippen LogP contribution in [-0.2, 0) is 28.5 Å². The van der Waals surface area contributed by atoms with Gasteiger partial charge in [-0.1, -0.05) is 31.0 Å². The number of hydrogen-bond donors (Lipinski definition) is 0. The molecule has 2 amide bonds. The molecule has 1 heterocycles. The van der Waals surface area contributed by atoms with Gasteiger partial charge in [-0.05, 0) is 73.4 Å². The molecule has 0 N–H and O–H groups in total. The van der Waals surface area contributed by atoms with E-state index in [9.17, 15) is 14.4 Å². The minimum atomic E-state index is -1.44. The molecule has 2 aliphatic rings. The van der Waals surface area contributed by atoms with Crippen LogP contribution in [0.3, 0.4) is 0 Å². The lowest BCUT2D eigenvalue weighted by Gasteiger charge is -2.33. The molecule has 3 rings (SSSR count). The van der Waals surface area contributed by atoms with Gasteiger partial charge in [-0.2, -0.15) is 4.90 Å². The summed E-state index contributed by atoms with van der Waals surface area (Å²) in [6, 6.07) is 7.75. The van der Waals surface area contributed by atoms with Gasteiger partial charge in [-0.25, -0.2) is 14.4 Å². The Labute approximate surface area is 231 Å². The van der Waals surface area contributed by atoms with Gasteiger partial charge in [-0.3, -0.25) is 0 Å². The van der Waals surface area contributed by atoms with Gasteiger partial charge >= 0.3 is 18.2 Å². The predicted octanol–water partition coefficient (Wildman–Crippen LogP) is 5.26. The van der Waals surface area contributed by atoms with Crippen LogP contribution in [0.4, 0.5) is 9.59 Å². The average Bonchev–Trinajstić information content (AvgIpc) is 3.33. The van der Waals surface area contributed by atoms with Crippen LogP contribution in [0.25, 0.3) is 0 Å². The van der Waals surface area contributed by atoms with Crippen LogP contribution in [-0.4, -0.2) is 77.9 Å². The molecule has 0 aromatic heterocycles. The van der Waals surface area contributed by atoms with Crippen LogP contribution in [0, 0.1) is 0 Å². The summed E-state index contributed by atoms with van der Waals surface area (Å²) in [6.07, 6.45) is -0.0839. The number of para-hydroxylation sites is 1. The van der Waals surface area contributed by atoms with E-state index in [0.717, 1.165) is 25.7 Å². The van der Waals surface area contributed by atoms with Crippen molar-refractivity contribution in [2.75, 3.05) is 13.2 Å². The van der Waals surface area contributed by atoms with E-state index in [1.165, 1.54) is 0 Å². The lowest BCUT2D eigenvalue weighted by molar-refractivity contribution is -0.163. The first-order valence-electron chi connectivity index (χ1n) is 13.6. The maximum absolute atomic E-state index is 13.5. The average molecular weight is 550 g/mol. The highest BCUT2D eigenvalue weighted by Gasteiger charge is 2.45. The molecule has 1 aromatic carbocycles. The summed E-state index contributed by atoms with van der Waals surface area (Å²) < 4.78 is 35.4. The first kappa shape index (κ1) is 30.7. The highest BCUT2D eigenvalue weighted by Crippen LogP contribution is 2.28. The van der Waals surface area contributed by atoms with Crippen molar-refractivity contribution in [2.24, 2.45) is 0 Å². The van der Waals surface area contributed by atoms with E-state index in [4.69, 9.17) is 28.4 Å². The molecule has 0 bridgehead atoms. The van der Waals surface area contributed by atoms with Gasteiger partial charge in [0.2, 0.25) is 0 Å². The summed E-state index contributed by atoms with van der Waals surface area (Å²) in [5.41, 5.74) is -1.86. The lowest BCUT2D eigenvalue weighted by Crippen LogP contribution is -2.54. The molecular weight excluding hydrogens is 506 g/mol. The third kappa shape index (κ3) is 9.39. The molecule has 10 heteroatoms. The van der Waals surface area contributed by atoms with Gasteiger partial charge in [-0.15, -0.1) is 0 Å². The highest BCUT2D eigenvalue weighted by atomic mass is 16.6. The number of benzene rings is 1. The van der Waals surface area contributed by atoms with E-state index >= 15 is 0 Å². The Kier molecular flexibility index (Phi) is 10.2. The summed E-state index contributed by atoms with van der Waals surface area (Å²) in [6.45, 7) is 11.4. The second-order valence-electron chi connectivity index (χ2n) is 12.0. The Balaban J connectivity index is 1.90. The van der Waals surface area contributed by atoms with Crippen LogP contribution in [0.15, 0.2) is 30.3 Å².